The highest BCUT2D eigenvalue weighted by atomic mass is 79.9. The Morgan fingerprint density at radius 1 is 1.62 bits per heavy atom. The van der Waals surface area contributed by atoms with E-state index in [1.165, 1.54) is 21.5 Å². The van der Waals surface area contributed by atoms with Crippen molar-refractivity contribution in [2.45, 2.75) is 25.3 Å². The lowest BCUT2D eigenvalue weighted by Crippen LogP contribution is -2.39. The van der Waals surface area contributed by atoms with E-state index < -0.39 is 0 Å². The fourth-order valence-electron chi connectivity index (χ4n) is 2.27. The van der Waals surface area contributed by atoms with E-state index in [2.05, 4.69) is 40.4 Å². The molecule has 0 aliphatic carbocycles. The zero-order chi connectivity index (χ0) is 11.4. The standard InChI is InChI=1S/C12H18BrNOS/c1-14-11(9-3-2-6-15-8-9)7-10-4-5-12(13)16-10/h4-5,9,11,14H,2-3,6-8H2,1H3. The van der Waals surface area contributed by atoms with Crippen LogP contribution in [0.2, 0.25) is 0 Å². The van der Waals surface area contributed by atoms with Gasteiger partial charge in [-0.3, -0.25) is 0 Å². The highest BCUT2D eigenvalue weighted by Gasteiger charge is 2.23. The molecule has 0 aromatic carbocycles. The third-order valence-corrected chi connectivity index (χ3v) is 4.83. The van der Waals surface area contributed by atoms with Gasteiger partial charge in [0.05, 0.1) is 10.4 Å². The molecule has 0 saturated carbocycles. The summed E-state index contributed by atoms with van der Waals surface area (Å²) < 4.78 is 6.78. The summed E-state index contributed by atoms with van der Waals surface area (Å²) >= 11 is 5.34. The van der Waals surface area contributed by atoms with E-state index in [9.17, 15) is 0 Å². The van der Waals surface area contributed by atoms with Crippen molar-refractivity contribution in [1.29, 1.82) is 0 Å². The summed E-state index contributed by atoms with van der Waals surface area (Å²) in [5.41, 5.74) is 0. The summed E-state index contributed by atoms with van der Waals surface area (Å²) in [6, 6.07) is 4.89. The second-order valence-corrected chi connectivity index (χ2v) is 6.83. The smallest absolute Gasteiger partial charge is 0.0701 e. The molecule has 0 amide bonds. The molecular weight excluding hydrogens is 286 g/mol. The van der Waals surface area contributed by atoms with Crippen LogP contribution in [-0.2, 0) is 11.2 Å². The molecule has 2 atom stereocenters. The third kappa shape index (κ3) is 3.29. The van der Waals surface area contributed by atoms with E-state index in [0.29, 0.717) is 12.0 Å². The van der Waals surface area contributed by atoms with Crippen molar-refractivity contribution < 1.29 is 4.74 Å². The zero-order valence-corrected chi connectivity index (χ0v) is 11.9. The fourth-order valence-corrected chi connectivity index (χ4v) is 3.81. The van der Waals surface area contributed by atoms with Crippen molar-refractivity contribution in [3.05, 3.63) is 20.8 Å². The van der Waals surface area contributed by atoms with Gasteiger partial charge in [0.25, 0.3) is 0 Å². The Balaban J connectivity index is 1.94. The molecule has 2 unspecified atom stereocenters. The highest BCUT2D eigenvalue weighted by Crippen LogP contribution is 2.26. The molecule has 0 bridgehead atoms. The van der Waals surface area contributed by atoms with Crippen molar-refractivity contribution in [2.24, 2.45) is 5.92 Å². The van der Waals surface area contributed by atoms with E-state index in [4.69, 9.17) is 4.74 Å². The first-order valence-electron chi connectivity index (χ1n) is 5.79. The summed E-state index contributed by atoms with van der Waals surface area (Å²) in [4.78, 5) is 1.44. The molecular formula is C12H18BrNOS. The van der Waals surface area contributed by atoms with Gasteiger partial charge < -0.3 is 10.1 Å². The number of rotatable bonds is 4. The Morgan fingerprint density at radius 2 is 2.50 bits per heavy atom. The average Bonchev–Trinajstić information content (AvgIpc) is 2.73. The monoisotopic (exact) mass is 303 g/mol. The van der Waals surface area contributed by atoms with Crippen LogP contribution in [0.1, 0.15) is 17.7 Å². The molecule has 0 spiro atoms. The molecule has 1 N–H and O–H groups in total. The fraction of sp³-hybridized carbons (Fsp3) is 0.667. The zero-order valence-electron chi connectivity index (χ0n) is 9.54. The van der Waals surface area contributed by atoms with Crippen LogP contribution < -0.4 is 5.32 Å². The van der Waals surface area contributed by atoms with Gasteiger partial charge in [0.15, 0.2) is 0 Å². The number of hydrogen-bond donors (Lipinski definition) is 1. The van der Waals surface area contributed by atoms with Crippen LogP contribution in [0.5, 0.6) is 0 Å². The minimum Gasteiger partial charge on any atom is -0.381 e. The molecule has 0 radical (unpaired) electrons. The number of likely N-dealkylation sites (N-methyl/N-ethyl adjacent to an activating group) is 1. The number of thiophene rings is 1. The molecule has 90 valence electrons. The molecule has 16 heavy (non-hydrogen) atoms. The van der Waals surface area contributed by atoms with Gasteiger partial charge >= 0.3 is 0 Å². The largest absolute Gasteiger partial charge is 0.381 e. The Bertz CT molecular complexity index is 323. The van der Waals surface area contributed by atoms with Crippen LogP contribution in [0.25, 0.3) is 0 Å². The molecule has 4 heteroatoms. The Kier molecular flexibility index (Phi) is 4.82. The first-order chi connectivity index (χ1) is 7.79. The lowest BCUT2D eigenvalue weighted by atomic mass is 9.91. The summed E-state index contributed by atoms with van der Waals surface area (Å²) in [6.07, 6.45) is 3.61. The normalized spacial score (nSPS) is 23.2. The summed E-state index contributed by atoms with van der Waals surface area (Å²) in [5, 5.41) is 3.44. The predicted octanol–water partition coefficient (Wildman–Crippen LogP) is 3.07. The summed E-state index contributed by atoms with van der Waals surface area (Å²) in [6.45, 7) is 1.86. The SMILES string of the molecule is CNC(Cc1ccc(Br)s1)C1CCCOC1. The molecule has 1 saturated heterocycles. The number of nitrogens with one attached hydrogen (secondary N) is 1. The minimum absolute atomic E-state index is 0.547. The van der Waals surface area contributed by atoms with E-state index in [0.717, 1.165) is 19.6 Å². The molecule has 1 aromatic rings. The maximum Gasteiger partial charge on any atom is 0.0701 e. The molecule has 1 aliphatic heterocycles. The highest BCUT2D eigenvalue weighted by molar-refractivity contribution is 9.11. The predicted molar refractivity (Wildman–Crippen MR) is 72.1 cm³/mol. The van der Waals surface area contributed by atoms with Gasteiger partial charge in [0.2, 0.25) is 0 Å². The van der Waals surface area contributed by atoms with Gasteiger partial charge in [-0.1, -0.05) is 0 Å². The second kappa shape index (κ2) is 6.15. The van der Waals surface area contributed by atoms with E-state index in [1.54, 1.807) is 0 Å². The topological polar surface area (TPSA) is 21.3 Å². The van der Waals surface area contributed by atoms with Crippen molar-refractivity contribution >= 4 is 27.3 Å². The molecule has 2 rings (SSSR count). The Hall–Kier alpha value is 0.1000. The van der Waals surface area contributed by atoms with Crippen molar-refractivity contribution in [3.63, 3.8) is 0 Å². The summed E-state index contributed by atoms with van der Waals surface area (Å²) in [5.74, 6) is 0.666. The Morgan fingerprint density at radius 3 is 3.06 bits per heavy atom. The molecule has 2 heterocycles. The lowest BCUT2D eigenvalue weighted by molar-refractivity contribution is 0.0406. The van der Waals surface area contributed by atoms with Crippen LogP contribution >= 0.6 is 27.3 Å². The third-order valence-electron chi connectivity index (χ3n) is 3.19. The second-order valence-electron chi connectivity index (χ2n) is 4.28. The molecule has 1 fully saturated rings. The summed E-state index contributed by atoms with van der Waals surface area (Å²) in [7, 11) is 2.06. The number of halogens is 1. The van der Waals surface area contributed by atoms with Crippen LogP contribution in [0.4, 0.5) is 0 Å². The van der Waals surface area contributed by atoms with Gasteiger partial charge in [0, 0.05) is 17.5 Å². The lowest BCUT2D eigenvalue weighted by Gasteiger charge is -2.29. The number of ether oxygens (including phenoxy) is 1. The molecule has 1 aromatic heterocycles. The quantitative estimate of drug-likeness (QED) is 0.923. The minimum atomic E-state index is 0.547. The van der Waals surface area contributed by atoms with Gasteiger partial charge in [-0.05, 0) is 60.3 Å². The van der Waals surface area contributed by atoms with Gasteiger partial charge in [0.1, 0.15) is 0 Å². The van der Waals surface area contributed by atoms with Crippen LogP contribution in [-0.4, -0.2) is 26.3 Å². The van der Waals surface area contributed by atoms with E-state index in [1.807, 2.05) is 11.3 Å². The Labute approximate surface area is 110 Å². The van der Waals surface area contributed by atoms with Crippen LogP contribution in [0.15, 0.2) is 15.9 Å². The maximum absolute atomic E-state index is 5.56. The van der Waals surface area contributed by atoms with Gasteiger partial charge in [-0.25, -0.2) is 0 Å². The van der Waals surface area contributed by atoms with E-state index in [-0.39, 0.29) is 0 Å². The van der Waals surface area contributed by atoms with Crippen molar-refractivity contribution in [1.82, 2.24) is 5.32 Å². The van der Waals surface area contributed by atoms with Gasteiger partial charge in [-0.2, -0.15) is 0 Å². The van der Waals surface area contributed by atoms with Crippen LogP contribution in [0.3, 0.4) is 0 Å². The van der Waals surface area contributed by atoms with Gasteiger partial charge in [-0.15, -0.1) is 11.3 Å². The first kappa shape index (κ1) is 12.6. The van der Waals surface area contributed by atoms with E-state index >= 15 is 0 Å². The number of hydrogen-bond acceptors (Lipinski definition) is 3. The van der Waals surface area contributed by atoms with Crippen molar-refractivity contribution in [3.8, 4) is 0 Å². The maximum atomic E-state index is 5.56. The molecule has 1 aliphatic rings. The first-order valence-corrected chi connectivity index (χ1v) is 7.40. The van der Waals surface area contributed by atoms with Crippen LogP contribution in [0, 0.1) is 5.92 Å². The van der Waals surface area contributed by atoms with Crippen molar-refractivity contribution in [2.75, 3.05) is 20.3 Å². The average molecular weight is 304 g/mol. The molecule has 2 nitrogen and oxygen atoms in total.